The van der Waals surface area contributed by atoms with E-state index in [2.05, 4.69) is 16.0 Å². The molecule has 0 saturated heterocycles. The van der Waals surface area contributed by atoms with Crippen molar-refractivity contribution in [3.8, 4) is 11.5 Å². The number of amides is 1. The van der Waals surface area contributed by atoms with Gasteiger partial charge in [0, 0.05) is 24.9 Å². The molecule has 0 aliphatic rings. The minimum atomic E-state index is -0.393. The zero-order valence-corrected chi connectivity index (χ0v) is 18.3. The second kappa shape index (κ2) is 9.65. The molecular weight excluding hydrogens is 378 g/mol. The minimum absolute atomic E-state index is 0.0513. The summed E-state index contributed by atoms with van der Waals surface area (Å²) in [6, 6.07) is 15.8. The lowest BCUT2D eigenvalue weighted by Crippen LogP contribution is -2.36. The van der Waals surface area contributed by atoms with Gasteiger partial charge < -0.3 is 19.4 Å². The number of hydrogen-bond acceptors (Lipinski definition) is 4. The van der Waals surface area contributed by atoms with Crippen LogP contribution in [0.2, 0.25) is 0 Å². The fourth-order valence-corrected chi connectivity index (χ4v) is 3.26. The molecule has 0 radical (unpaired) electrons. The molecule has 2 aromatic carbocycles. The number of hydrogen-bond donors (Lipinski definition) is 1. The van der Waals surface area contributed by atoms with E-state index >= 15 is 0 Å². The fourth-order valence-electron chi connectivity index (χ4n) is 3.26. The van der Waals surface area contributed by atoms with E-state index in [9.17, 15) is 4.79 Å². The first-order valence-corrected chi connectivity index (χ1v) is 10.4. The second-order valence-corrected chi connectivity index (χ2v) is 8.28. The number of methoxy groups -OCH3 is 1. The molecule has 160 valence electrons. The Kier molecular flexibility index (Phi) is 6.98. The maximum absolute atomic E-state index is 12.1. The summed E-state index contributed by atoms with van der Waals surface area (Å²) in [4.78, 5) is 16.9. The molecule has 3 aromatic rings. The predicted octanol–water partition coefficient (Wildman–Crippen LogP) is 4.22. The molecule has 0 unspecified atom stereocenters. The second-order valence-electron chi connectivity index (χ2n) is 8.28. The Labute approximate surface area is 178 Å². The van der Waals surface area contributed by atoms with Crippen LogP contribution in [-0.4, -0.2) is 35.7 Å². The molecule has 6 heteroatoms. The molecule has 0 atom stereocenters. The molecule has 0 bridgehead atoms. The van der Waals surface area contributed by atoms with Gasteiger partial charge in [-0.2, -0.15) is 0 Å². The first-order valence-electron chi connectivity index (χ1n) is 10.4. The maximum atomic E-state index is 12.1. The predicted molar refractivity (Wildman–Crippen MR) is 119 cm³/mol. The first kappa shape index (κ1) is 21.7. The number of nitrogens with zero attached hydrogens (tertiary/aromatic N) is 2. The highest BCUT2D eigenvalue weighted by molar-refractivity contribution is 5.81. The van der Waals surface area contributed by atoms with Crippen LogP contribution in [0.5, 0.6) is 11.5 Å². The van der Waals surface area contributed by atoms with Gasteiger partial charge in [0.25, 0.3) is 0 Å². The lowest BCUT2D eigenvalue weighted by molar-refractivity contribution is -0.128. The lowest BCUT2D eigenvalue weighted by atomic mass is 9.96. The fraction of sp³-hybridized carbons (Fsp3) is 0.417. The van der Waals surface area contributed by atoms with Crippen LogP contribution in [0.1, 0.15) is 33.0 Å². The third kappa shape index (κ3) is 5.32. The first-order chi connectivity index (χ1) is 14.4. The van der Waals surface area contributed by atoms with Crippen LogP contribution in [0.4, 0.5) is 0 Å². The number of benzene rings is 2. The van der Waals surface area contributed by atoms with Crippen LogP contribution in [0.25, 0.3) is 11.0 Å². The Balaban J connectivity index is 1.63. The summed E-state index contributed by atoms with van der Waals surface area (Å²) in [5.41, 5.74) is 1.68. The summed E-state index contributed by atoms with van der Waals surface area (Å²) >= 11 is 0. The standard InChI is InChI=1S/C24H31N3O3/c1-24(2,3)23(28)25-15-14-22-26-18-10-5-6-11-19(18)27(22)16-9-17-30-21-13-8-7-12-20(21)29-4/h5-8,10-13H,9,14-17H2,1-4H3,(H,25,28). The van der Waals surface area contributed by atoms with Crippen LogP contribution >= 0.6 is 0 Å². The molecular formula is C24H31N3O3. The molecule has 0 fully saturated rings. The minimum Gasteiger partial charge on any atom is -0.493 e. The van der Waals surface area contributed by atoms with Crippen LogP contribution in [-0.2, 0) is 17.8 Å². The van der Waals surface area contributed by atoms with E-state index in [1.54, 1.807) is 7.11 Å². The van der Waals surface area contributed by atoms with E-state index in [0.717, 1.165) is 41.3 Å². The average Bonchev–Trinajstić information content (AvgIpc) is 3.08. The molecule has 0 aliphatic carbocycles. The van der Waals surface area contributed by atoms with Gasteiger partial charge in [-0.25, -0.2) is 4.98 Å². The molecule has 6 nitrogen and oxygen atoms in total. The van der Waals surface area contributed by atoms with Gasteiger partial charge in [-0.15, -0.1) is 0 Å². The molecule has 0 spiro atoms. The normalized spacial score (nSPS) is 11.5. The molecule has 1 aromatic heterocycles. The molecule has 1 amide bonds. The van der Waals surface area contributed by atoms with Crippen molar-refractivity contribution >= 4 is 16.9 Å². The van der Waals surface area contributed by atoms with Gasteiger partial charge in [0.2, 0.25) is 5.91 Å². The smallest absolute Gasteiger partial charge is 0.225 e. The number of imidazole rings is 1. The molecule has 0 aliphatic heterocycles. The van der Waals surface area contributed by atoms with Crippen molar-refractivity contribution in [1.82, 2.24) is 14.9 Å². The summed E-state index contributed by atoms with van der Waals surface area (Å²) in [5, 5.41) is 3.01. The van der Waals surface area contributed by atoms with Crippen molar-refractivity contribution in [3.63, 3.8) is 0 Å². The Morgan fingerprint density at radius 1 is 1.07 bits per heavy atom. The summed E-state index contributed by atoms with van der Waals surface area (Å²) in [5.74, 6) is 2.51. The maximum Gasteiger partial charge on any atom is 0.225 e. The van der Waals surface area contributed by atoms with Gasteiger partial charge in [0.15, 0.2) is 11.5 Å². The van der Waals surface area contributed by atoms with Crippen molar-refractivity contribution in [2.75, 3.05) is 20.3 Å². The van der Waals surface area contributed by atoms with Gasteiger partial charge in [0.05, 0.1) is 24.8 Å². The van der Waals surface area contributed by atoms with Crippen molar-refractivity contribution in [2.45, 2.75) is 40.2 Å². The van der Waals surface area contributed by atoms with Crippen LogP contribution < -0.4 is 14.8 Å². The molecule has 1 N–H and O–H groups in total. The van der Waals surface area contributed by atoms with Crippen molar-refractivity contribution in [3.05, 3.63) is 54.4 Å². The number of aromatic nitrogens is 2. The topological polar surface area (TPSA) is 65.4 Å². The highest BCUT2D eigenvalue weighted by Crippen LogP contribution is 2.26. The largest absolute Gasteiger partial charge is 0.493 e. The number of ether oxygens (including phenoxy) is 2. The number of carbonyl (C=O) groups is 1. The lowest BCUT2D eigenvalue weighted by Gasteiger charge is -2.17. The highest BCUT2D eigenvalue weighted by Gasteiger charge is 2.20. The van der Waals surface area contributed by atoms with E-state index in [1.165, 1.54) is 0 Å². The van der Waals surface area contributed by atoms with E-state index in [1.807, 2.05) is 63.2 Å². The average molecular weight is 410 g/mol. The summed E-state index contributed by atoms with van der Waals surface area (Å²) in [7, 11) is 1.64. The van der Waals surface area contributed by atoms with Crippen LogP contribution in [0, 0.1) is 5.41 Å². The Morgan fingerprint density at radius 2 is 1.77 bits per heavy atom. The third-order valence-electron chi connectivity index (χ3n) is 4.90. The number of aryl methyl sites for hydroxylation is 1. The van der Waals surface area contributed by atoms with Gasteiger partial charge in [-0.05, 0) is 30.7 Å². The van der Waals surface area contributed by atoms with Crippen LogP contribution in [0.15, 0.2) is 48.5 Å². The van der Waals surface area contributed by atoms with Crippen molar-refractivity contribution in [1.29, 1.82) is 0 Å². The Hall–Kier alpha value is -3.02. The van der Waals surface area contributed by atoms with E-state index in [4.69, 9.17) is 14.5 Å². The van der Waals surface area contributed by atoms with Gasteiger partial charge in [-0.1, -0.05) is 45.0 Å². The van der Waals surface area contributed by atoms with Gasteiger partial charge in [0.1, 0.15) is 5.82 Å². The number of nitrogens with one attached hydrogen (secondary N) is 1. The van der Waals surface area contributed by atoms with Crippen LogP contribution in [0.3, 0.4) is 0 Å². The van der Waals surface area contributed by atoms with E-state index in [0.29, 0.717) is 19.6 Å². The zero-order chi connectivity index (χ0) is 21.6. The van der Waals surface area contributed by atoms with Gasteiger partial charge in [-0.3, -0.25) is 4.79 Å². The molecule has 30 heavy (non-hydrogen) atoms. The number of para-hydroxylation sites is 4. The molecule has 3 rings (SSSR count). The Morgan fingerprint density at radius 3 is 2.50 bits per heavy atom. The molecule has 0 saturated carbocycles. The van der Waals surface area contributed by atoms with Crippen molar-refractivity contribution < 1.29 is 14.3 Å². The number of fused-ring (bicyclic) bond motifs is 1. The van der Waals surface area contributed by atoms with Gasteiger partial charge >= 0.3 is 0 Å². The quantitative estimate of drug-likeness (QED) is 0.538. The number of rotatable bonds is 9. The summed E-state index contributed by atoms with van der Waals surface area (Å²) in [6.07, 6.45) is 1.52. The SMILES string of the molecule is COc1ccccc1OCCCn1c(CCNC(=O)C(C)(C)C)nc2ccccc21. The van der Waals surface area contributed by atoms with Crippen molar-refractivity contribution in [2.24, 2.45) is 5.41 Å². The molecule has 1 heterocycles. The third-order valence-corrected chi connectivity index (χ3v) is 4.90. The monoisotopic (exact) mass is 409 g/mol. The summed E-state index contributed by atoms with van der Waals surface area (Å²) < 4.78 is 13.5. The number of carbonyl (C=O) groups excluding carboxylic acids is 1. The zero-order valence-electron chi connectivity index (χ0n) is 18.3. The Bertz CT molecular complexity index is 989. The van der Waals surface area contributed by atoms with E-state index in [-0.39, 0.29) is 5.91 Å². The van der Waals surface area contributed by atoms with E-state index < -0.39 is 5.41 Å². The summed E-state index contributed by atoms with van der Waals surface area (Å²) in [6.45, 7) is 7.68. The highest BCUT2D eigenvalue weighted by atomic mass is 16.5.